The Bertz CT molecular complexity index is 976. The topological polar surface area (TPSA) is 91.3 Å². The molecule has 0 bridgehead atoms. The van der Waals surface area contributed by atoms with Crippen molar-refractivity contribution in [2.45, 2.75) is 64.5 Å². The number of rotatable bonds is 6. The smallest absolute Gasteiger partial charge is 0.289 e. The molecular weight excluding hydrogens is 395 g/mol. The van der Waals surface area contributed by atoms with Crippen molar-refractivity contribution in [3.05, 3.63) is 29.8 Å². The van der Waals surface area contributed by atoms with E-state index < -0.39 is 0 Å². The van der Waals surface area contributed by atoms with E-state index in [4.69, 9.17) is 0 Å². The molecule has 0 saturated heterocycles. The predicted molar refractivity (Wildman–Crippen MR) is 121 cm³/mol. The van der Waals surface area contributed by atoms with Crippen molar-refractivity contribution < 1.29 is 9.18 Å². The van der Waals surface area contributed by atoms with Gasteiger partial charge in [-0.2, -0.15) is 0 Å². The lowest BCUT2D eigenvalue weighted by atomic mass is 9.90. The highest BCUT2D eigenvalue weighted by Gasteiger charge is 2.28. The molecule has 2 aliphatic rings. The van der Waals surface area contributed by atoms with Crippen LogP contribution in [0.1, 0.15) is 63.0 Å². The average molecular weight is 427 g/mol. The highest BCUT2D eigenvalue weighted by Crippen LogP contribution is 2.27. The molecular formula is C23H31FN6O. The van der Waals surface area contributed by atoms with Gasteiger partial charge < -0.3 is 16.0 Å². The molecule has 4 rings (SSSR count). The second-order valence-corrected chi connectivity index (χ2v) is 8.88. The number of fused-ring (bicyclic) bond motifs is 1. The van der Waals surface area contributed by atoms with Crippen molar-refractivity contribution >= 4 is 28.5 Å². The molecule has 1 saturated carbocycles. The van der Waals surface area contributed by atoms with E-state index in [9.17, 15) is 9.18 Å². The molecule has 2 heterocycles. The molecule has 3 N–H and O–H groups in total. The van der Waals surface area contributed by atoms with Gasteiger partial charge in [-0.15, -0.1) is 0 Å². The number of nitrogens with zero attached hydrogens (tertiary/aromatic N) is 3. The number of hydrogen-bond donors (Lipinski definition) is 3. The number of benzene rings is 1. The first kappa shape index (κ1) is 21.5. The normalized spacial score (nSPS) is 21.2. The van der Waals surface area contributed by atoms with Crippen LogP contribution in [0.3, 0.4) is 0 Å². The third-order valence-electron chi connectivity index (χ3n) is 5.85. The fourth-order valence-corrected chi connectivity index (χ4v) is 4.21. The van der Waals surface area contributed by atoms with Crippen LogP contribution < -0.4 is 16.0 Å². The molecule has 1 aromatic heterocycles. The number of aromatic nitrogens is 2. The number of aliphatic imine (C=N–C) groups is 1. The Hall–Kier alpha value is -2.77. The first-order valence-electron chi connectivity index (χ1n) is 11.3. The van der Waals surface area contributed by atoms with Crippen LogP contribution in [-0.2, 0) is 0 Å². The molecule has 1 aromatic carbocycles. The van der Waals surface area contributed by atoms with Crippen LogP contribution >= 0.6 is 0 Å². The van der Waals surface area contributed by atoms with Crippen molar-refractivity contribution in [3.8, 4) is 0 Å². The molecule has 1 aliphatic heterocycles. The largest absolute Gasteiger partial charge is 0.369 e. The third kappa shape index (κ3) is 5.29. The number of anilines is 1. The highest BCUT2D eigenvalue weighted by atomic mass is 19.1. The van der Waals surface area contributed by atoms with Crippen molar-refractivity contribution in [3.63, 3.8) is 0 Å². The first-order chi connectivity index (χ1) is 15.0. The Balaban J connectivity index is 1.62. The molecule has 0 spiro atoms. The number of carbonyl (C=O) groups excluding carboxylic acids is 1. The second kappa shape index (κ2) is 9.58. The molecule has 0 unspecified atom stereocenters. The lowest BCUT2D eigenvalue weighted by Crippen LogP contribution is -2.48. The summed E-state index contributed by atoms with van der Waals surface area (Å²) in [4.78, 5) is 26.1. The Kier molecular flexibility index (Phi) is 6.63. The molecule has 166 valence electrons. The molecule has 31 heavy (non-hydrogen) atoms. The van der Waals surface area contributed by atoms with Gasteiger partial charge in [-0.05, 0) is 43.4 Å². The maximum atomic E-state index is 14.0. The van der Waals surface area contributed by atoms with Crippen LogP contribution in [0.15, 0.2) is 23.2 Å². The van der Waals surface area contributed by atoms with E-state index in [1.165, 1.54) is 12.1 Å². The summed E-state index contributed by atoms with van der Waals surface area (Å²) in [6, 6.07) is 4.73. The monoisotopic (exact) mass is 426 g/mol. The lowest BCUT2D eigenvalue weighted by molar-refractivity contribution is 0.0939. The van der Waals surface area contributed by atoms with Gasteiger partial charge in [0.1, 0.15) is 11.6 Å². The van der Waals surface area contributed by atoms with Gasteiger partial charge in [0.05, 0.1) is 11.4 Å². The molecule has 2 atom stereocenters. The van der Waals surface area contributed by atoms with Crippen LogP contribution in [0.2, 0.25) is 0 Å². The zero-order valence-electron chi connectivity index (χ0n) is 18.2. The fraction of sp³-hybridized carbons (Fsp3) is 0.565. The first-order valence-corrected chi connectivity index (χ1v) is 11.3. The lowest BCUT2D eigenvalue weighted by Gasteiger charge is -2.34. The van der Waals surface area contributed by atoms with E-state index >= 15 is 0 Å². The molecule has 1 fully saturated rings. The van der Waals surface area contributed by atoms with Crippen LogP contribution in [-0.4, -0.2) is 46.9 Å². The number of amidine groups is 1. The predicted octanol–water partition coefficient (Wildman–Crippen LogP) is 3.66. The molecule has 2 aromatic rings. The van der Waals surface area contributed by atoms with Crippen molar-refractivity contribution in [1.29, 1.82) is 0 Å². The van der Waals surface area contributed by atoms with E-state index in [0.717, 1.165) is 50.9 Å². The standard InChI is InChI=1S/C23H31FN6O/c1-14(2)13-26-23(31)22-28-17-10-9-15(24)12-16(17)21(30-22)29-19-7-4-3-6-18(19)27-20-8-5-11-25-20/h9-10,12,14,18-19H,3-8,11,13H2,1-2H3,(H,25,27)(H,26,31)(H,28,29,30)/t18-,19+/m1/s1. The van der Waals surface area contributed by atoms with Gasteiger partial charge in [0.25, 0.3) is 5.91 Å². The minimum atomic E-state index is -0.352. The number of nitrogens with one attached hydrogen (secondary N) is 3. The fourth-order valence-electron chi connectivity index (χ4n) is 4.21. The zero-order chi connectivity index (χ0) is 21.8. The summed E-state index contributed by atoms with van der Waals surface area (Å²) in [6.07, 6.45) is 6.37. The Morgan fingerprint density at radius 1 is 1.13 bits per heavy atom. The summed E-state index contributed by atoms with van der Waals surface area (Å²) in [7, 11) is 0. The average Bonchev–Trinajstić information content (AvgIpc) is 3.26. The zero-order valence-corrected chi connectivity index (χ0v) is 18.2. The van der Waals surface area contributed by atoms with Gasteiger partial charge in [-0.1, -0.05) is 26.7 Å². The van der Waals surface area contributed by atoms with E-state index in [1.807, 2.05) is 13.8 Å². The third-order valence-corrected chi connectivity index (χ3v) is 5.85. The maximum Gasteiger partial charge on any atom is 0.289 e. The van der Waals surface area contributed by atoms with E-state index in [2.05, 4.69) is 30.9 Å². The molecule has 8 heteroatoms. The van der Waals surface area contributed by atoms with Gasteiger partial charge in [0, 0.05) is 37.0 Å². The van der Waals surface area contributed by atoms with Crippen molar-refractivity contribution in [1.82, 2.24) is 20.6 Å². The Morgan fingerprint density at radius 3 is 2.61 bits per heavy atom. The van der Waals surface area contributed by atoms with Crippen molar-refractivity contribution in [2.24, 2.45) is 10.9 Å². The summed E-state index contributed by atoms with van der Waals surface area (Å²) in [5, 5.41) is 10.6. The SMILES string of the molecule is CC(C)CNC(=O)c1nc(N[C@H]2CCCC[C@H]2NC2=NCCC2)c2cc(F)ccc2n1. The maximum absolute atomic E-state index is 14.0. The molecule has 0 radical (unpaired) electrons. The van der Waals surface area contributed by atoms with Crippen LogP contribution in [0.4, 0.5) is 10.2 Å². The van der Waals surface area contributed by atoms with Gasteiger partial charge in [0.2, 0.25) is 5.82 Å². The summed E-state index contributed by atoms with van der Waals surface area (Å²) >= 11 is 0. The van der Waals surface area contributed by atoms with Gasteiger partial charge >= 0.3 is 0 Å². The van der Waals surface area contributed by atoms with E-state index in [1.54, 1.807) is 6.07 Å². The second-order valence-electron chi connectivity index (χ2n) is 8.88. The molecule has 7 nitrogen and oxygen atoms in total. The summed E-state index contributed by atoms with van der Waals surface area (Å²) in [5.74, 6) is 1.33. The molecule has 1 amide bonds. The van der Waals surface area contributed by atoms with Gasteiger partial charge in [-0.3, -0.25) is 9.79 Å². The summed E-state index contributed by atoms with van der Waals surface area (Å²) < 4.78 is 14.0. The summed E-state index contributed by atoms with van der Waals surface area (Å²) in [6.45, 7) is 5.49. The number of hydrogen-bond acceptors (Lipinski definition) is 6. The quantitative estimate of drug-likeness (QED) is 0.656. The summed E-state index contributed by atoms with van der Waals surface area (Å²) in [5.41, 5.74) is 0.550. The Morgan fingerprint density at radius 2 is 1.90 bits per heavy atom. The van der Waals surface area contributed by atoms with Crippen LogP contribution in [0.5, 0.6) is 0 Å². The van der Waals surface area contributed by atoms with Crippen molar-refractivity contribution in [2.75, 3.05) is 18.4 Å². The van der Waals surface area contributed by atoms with Crippen LogP contribution in [0, 0.1) is 11.7 Å². The minimum Gasteiger partial charge on any atom is -0.369 e. The molecule has 1 aliphatic carbocycles. The van der Waals surface area contributed by atoms with Gasteiger partial charge in [-0.25, -0.2) is 14.4 Å². The number of halogens is 1. The number of amides is 1. The minimum absolute atomic E-state index is 0.0998. The van der Waals surface area contributed by atoms with E-state index in [0.29, 0.717) is 29.2 Å². The number of carbonyl (C=O) groups is 1. The van der Waals surface area contributed by atoms with Gasteiger partial charge in [0.15, 0.2) is 0 Å². The Labute approximate surface area is 182 Å². The van der Waals surface area contributed by atoms with Crippen LogP contribution in [0.25, 0.3) is 10.9 Å². The van der Waals surface area contributed by atoms with E-state index in [-0.39, 0.29) is 29.6 Å². The highest BCUT2D eigenvalue weighted by molar-refractivity contribution is 5.96.